The minimum absolute atomic E-state index is 0.0685. The Hall–Kier alpha value is -3.37. The molecule has 1 aromatic carbocycles. The number of esters is 1. The van der Waals surface area contributed by atoms with Gasteiger partial charge in [0.1, 0.15) is 5.56 Å². The van der Waals surface area contributed by atoms with Gasteiger partial charge in [-0.25, -0.2) is 4.79 Å². The highest BCUT2D eigenvalue weighted by molar-refractivity contribution is 5.81. The summed E-state index contributed by atoms with van der Waals surface area (Å²) in [5.41, 5.74) is -2.45. The van der Waals surface area contributed by atoms with E-state index in [2.05, 4.69) is 11.3 Å². The van der Waals surface area contributed by atoms with E-state index < -0.39 is 37.8 Å². The van der Waals surface area contributed by atoms with Crippen LogP contribution in [0.5, 0.6) is 0 Å². The Labute approximate surface area is 128 Å². The average Bonchev–Trinajstić information content (AvgIpc) is 2.50. The van der Waals surface area contributed by atoms with E-state index in [1.54, 1.807) is 0 Å². The molecule has 0 atom stereocenters. The first-order chi connectivity index (χ1) is 10.8. The Morgan fingerprint density at radius 2 is 1.61 bits per heavy atom. The van der Waals surface area contributed by atoms with Crippen molar-refractivity contribution in [2.24, 2.45) is 0 Å². The standard InChI is InChI=1S/C12H11N3O8/c1-2-12(16)23-5-3-4-9-10(14(19)20)6-8(13(17)18)7-11(9)15(21)22/h2,6-7H,1,3-5H2. The number of benzene rings is 1. The summed E-state index contributed by atoms with van der Waals surface area (Å²) in [6, 6.07) is 1.33. The molecule has 1 rings (SSSR count). The van der Waals surface area contributed by atoms with Crippen molar-refractivity contribution in [2.45, 2.75) is 12.8 Å². The van der Waals surface area contributed by atoms with E-state index in [0.29, 0.717) is 12.1 Å². The van der Waals surface area contributed by atoms with E-state index in [0.717, 1.165) is 6.08 Å². The minimum Gasteiger partial charge on any atom is -0.463 e. The second kappa shape index (κ2) is 7.59. The molecule has 0 heterocycles. The van der Waals surface area contributed by atoms with Gasteiger partial charge in [-0.1, -0.05) is 6.58 Å². The molecule has 0 saturated carbocycles. The number of nitro benzene ring substituents is 3. The number of hydrogen-bond donors (Lipinski definition) is 0. The third kappa shape index (κ3) is 4.56. The molecule has 0 fully saturated rings. The maximum atomic E-state index is 11.0. The van der Waals surface area contributed by atoms with Crippen LogP contribution in [0.3, 0.4) is 0 Å². The van der Waals surface area contributed by atoms with Gasteiger partial charge >= 0.3 is 5.97 Å². The monoisotopic (exact) mass is 325 g/mol. The van der Waals surface area contributed by atoms with Crippen LogP contribution in [0.4, 0.5) is 17.1 Å². The maximum absolute atomic E-state index is 11.0. The van der Waals surface area contributed by atoms with Crippen LogP contribution >= 0.6 is 0 Å². The van der Waals surface area contributed by atoms with Crippen LogP contribution in [-0.2, 0) is 16.0 Å². The van der Waals surface area contributed by atoms with Gasteiger partial charge in [-0.15, -0.1) is 0 Å². The lowest BCUT2D eigenvalue weighted by Gasteiger charge is -2.05. The van der Waals surface area contributed by atoms with Crippen molar-refractivity contribution in [1.82, 2.24) is 0 Å². The topological polar surface area (TPSA) is 156 Å². The van der Waals surface area contributed by atoms with Gasteiger partial charge in [0.05, 0.1) is 33.5 Å². The molecule has 0 spiro atoms. The Bertz CT molecular complexity index is 650. The van der Waals surface area contributed by atoms with Gasteiger partial charge in [0.15, 0.2) is 0 Å². The highest BCUT2D eigenvalue weighted by Gasteiger charge is 2.29. The lowest BCUT2D eigenvalue weighted by molar-refractivity contribution is -0.404. The van der Waals surface area contributed by atoms with E-state index >= 15 is 0 Å². The Morgan fingerprint density at radius 1 is 1.09 bits per heavy atom. The molecule has 0 N–H and O–H groups in total. The lowest BCUT2D eigenvalue weighted by Crippen LogP contribution is -2.06. The summed E-state index contributed by atoms with van der Waals surface area (Å²) in [5.74, 6) is -0.697. The fourth-order valence-corrected chi connectivity index (χ4v) is 1.80. The van der Waals surface area contributed by atoms with Crippen molar-refractivity contribution < 1.29 is 24.3 Å². The number of nitro groups is 3. The lowest BCUT2D eigenvalue weighted by atomic mass is 10.0. The SMILES string of the molecule is C=CC(=O)OCCCc1c([N+](=O)[O-])cc([N+](=O)[O-])cc1[N+](=O)[O-]. The third-order valence-corrected chi connectivity index (χ3v) is 2.77. The molecule has 0 saturated heterocycles. The molecule has 0 unspecified atom stereocenters. The smallest absolute Gasteiger partial charge is 0.330 e. The first kappa shape index (κ1) is 17.7. The molecule has 122 valence electrons. The quantitative estimate of drug-likeness (QED) is 0.231. The van der Waals surface area contributed by atoms with Crippen LogP contribution in [-0.4, -0.2) is 27.3 Å². The van der Waals surface area contributed by atoms with Crippen molar-refractivity contribution in [3.8, 4) is 0 Å². The zero-order chi connectivity index (χ0) is 17.6. The highest BCUT2D eigenvalue weighted by atomic mass is 16.6. The zero-order valence-electron chi connectivity index (χ0n) is 11.7. The molecular formula is C12H11N3O8. The van der Waals surface area contributed by atoms with Gasteiger partial charge < -0.3 is 4.74 Å². The van der Waals surface area contributed by atoms with E-state index in [-0.39, 0.29) is 25.0 Å². The summed E-state index contributed by atoms with van der Waals surface area (Å²) >= 11 is 0. The molecule has 11 nitrogen and oxygen atoms in total. The summed E-state index contributed by atoms with van der Waals surface area (Å²) in [5, 5.41) is 32.8. The van der Waals surface area contributed by atoms with Crippen LogP contribution in [0.25, 0.3) is 0 Å². The maximum Gasteiger partial charge on any atom is 0.330 e. The number of hydrogen-bond acceptors (Lipinski definition) is 8. The van der Waals surface area contributed by atoms with Gasteiger partial charge in [0.2, 0.25) is 0 Å². The van der Waals surface area contributed by atoms with Gasteiger partial charge in [-0.05, 0) is 12.8 Å². The van der Waals surface area contributed by atoms with Crippen LogP contribution in [0, 0.1) is 30.3 Å². The molecule has 11 heteroatoms. The number of non-ortho nitro benzene ring substituents is 1. The molecule has 0 aromatic heterocycles. The van der Waals surface area contributed by atoms with Crippen molar-refractivity contribution in [1.29, 1.82) is 0 Å². The average molecular weight is 325 g/mol. The minimum atomic E-state index is -0.949. The summed E-state index contributed by atoms with van der Waals surface area (Å²) in [6.45, 7) is 3.05. The van der Waals surface area contributed by atoms with Crippen LogP contribution in [0.1, 0.15) is 12.0 Å². The molecule has 0 aliphatic carbocycles. The summed E-state index contributed by atoms with van der Waals surface area (Å²) in [6.07, 6.45) is 0.838. The molecule has 0 radical (unpaired) electrons. The predicted molar refractivity (Wildman–Crippen MR) is 75.9 cm³/mol. The predicted octanol–water partition coefficient (Wildman–Crippen LogP) is 2.07. The van der Waals surface area contributed by atoms with Crippen LogP contribution in [0.15, 0.2) is 24.8 Å². The second-order valence-corrected chi connectivity index (χ2v) is 4.21. The van der Waals surface area contributed by atoms with Crippen molar-refractivity contribution in [2.75, 3.05) is 6.61 Å². The first-order valence-electron chi connectivity index (χ1n) is 6.17. The Morgan fingerprint density at radius 3 is 2.00 bits per heavy atom. The number of ether oxygens (including phenoxy) is 1. The van der Waals surface area contributed by atoms with E-state index in [1.165, 1.54) is 0 Å². The number of carbonyl (C=O) groups is 1. The highest BCUT2D eigenvalue weighted by Crippen LogP contribution is 2.34. The molecule has 1 aromatic rings. The van der Waals surface area contributed by atoms with Gasteiger partial charge in [-0.2, -0.15) is 0 Å². The fourth-order valence-electron chi connectivity index (χ4n) is 1.80. The number of rotatable bonds is 8. The van der Waals surface area contributed by atoms with E-state index in [4.69, 9.17) is 0 Å². The molecule has 0 bridgehead atoms. The largest absolute Gasteiger partial charge is 0.463 e. The van der Waals surface area contributed by atoms with Crippen molar-refractivity contribution in [3.63, 3.8) is 0 Å². The summed E-state index contributed by atoms with van der Waals surface area (Å²) < 4.78 is 4.67. The fraction of sp³-hybridized carbons (Fsp3) is 0.250. The van der Waals surface area contributed by atoms with E-state index in [9.17, 15) is 35.1 Å². The van der Waals surface area contributed by atoms with Gasteiger partial charge in [-0.3, -0.25) is 30.3 Å². The molecule has 0 aliphatic rings. The van der Waals surface area contributed by atoms with Gasteiger partial charge in [0.25, 0.3) is 17.1 Å². The van der Waals surface area contributed by atoms with Crippen molar-refractivity contribution in [3.05, 3.63) is 60.7 Å². The number of carbonyl (C=O) groups excluding carboxylic acids is 1. The third-order valence-electron chi connectivity index (χ3n) is 2.77. The molecule has 0 amide bonds. The number of nitrogens with zero attached hydrogens (tertiary/aromatic N) is 3. The van der Waals surface area contributed by atoms with Gasteiger partial charge in [0, 0.05) is 6.08 Å². The van der Waals surface area contributed by atoms with Crippen LogP contribution < -0.4 is 0 Å². The molecule has 23 heavy (non-hydrogen) atoms. The van der Waals surface area contributed by atoms with Crippen molar-refractivity contribution >= 4 is 23.0 Å². The molecular weight excluding hydrogens is 314 g/mol. The second-order valence-electron chi connectivity index (χ2n) is 4.21. The summed E-state index contributed by atoms with van der Waals surface area (Å²) in [7, 11) is 0. The molecule has 0 aliphatic heterocycles. The normalized spacial score (nSPS) is 9.91. The van der Waals surface area contributed by atoms with Crippen LogP contribution in [0.2, 0.25) is 0 Å². The van der Waals surface area contributed by atoms with E-state index in [1.807, 2.05) is 0 Å². The Kier molecular flexibility index (Phi) is 5.83. The zero-order valence-corrected chi connectivity index (χ0v) is 11.7. The summed E-state index contributed by atoms with van der Waals surface area (Å²) in [4.78, 5) is 40.8. The Balaban J connectivity index is 3.14. The first-order valence-corrected chi connectivity index (χ1v) is 6.17.